The molecule has 0 amide bonds. The summed E-state index contributed by atoms with van der Waals surface area (Å²) in [6.07, 6.45) is 7.95. The van der Waals surface area contributed by atoms with Gasteiger partial charge in [-0.25, -0.2) is 0 Å². The Balaban J connectivity index is 4.15. The van der Waals surface area contributed by atoms with Gasteiger partial charge in [-0.1, -0.05) is 59.8 Å². The Morgan fingerprint density at radius 1 is 0.944 bits per heavy atom. The predicted molar refractivity (Wildman–Crippen MR) is 82.9 cm³/mol. The number of rotatable bonds is 9. The Bertz CT molecular complexity index is 208. The number of unbranched alkanes of at least 4 members (excludes halogenated alkanes) is 4. The van der Waals surface area contributed by atoms with Crippen LogP contribution in [0.25, 0.3) is 0 Å². The maximum atomic E-state index is 6.03. The highest BCUT2D eigenvalue weighted by atomic mass is 15.2. The number of hydrogen-bond donors (Lipinski definition) is 1. The van der Waals surface area contributed by atoms with Crippen LogP contribution in [0, 0.1) is 5.41 Å². The van der Waals surface area contributed by atoms with E-state index in [2.05, 4.69) is 46.6 Å². The summed E-state index contributed by atoms with van der Waals surface area (Å²) in [6, 6.07) is 0. The lowest BCUT2D eigenvalue weighted by molar-refractivity contribution is 0.0905. The maximum Gasteiger partial charge on any atom is 0.0300 e. The summed E-state index contributed by atoms with van der Waals surface area (Å²) in [5.41, 5.74) is 6.53. The lowest BCUT2D eigenvalue weighted by atomic mass is 9.88. The van der Waals surface area contributed by atoms with Gasteiger partial charge in [-0.05, 0) is 25.8 Å². The molecule has 2 nitrogen and oxygen atoms in total. The van der Waals surface area contributed by atoms with Crippen LogP contribution >= 0.6 is 0 Å². The standard InChI is InChI=1S/C16H36N2/c1-7-8-9-10-11-12-16(5,13-17)18(6)14-15(2,3)4/h7-14,17H2,1-6H3. The molecular weight excluding hydrogens is 220 g/mol. The predicted octanol–water partition coefficient (Wildman–Crippen LogP) is 4.04. The highest BCUT2D eigenvalue weighted by Gasteiger charge is 2.29. The first-order valence-corrected chi connectivity index (χ1v) is 7.66. The average molecular weight is 256 g/mol. The SMILES string of the molecule is CCCCCCCC(C)(CN)N(C)CC(C)(C)C. The molecule has 2 N–H and O–H groups in total. The molecule has 0 aliphatic heterocycles. The smallest absolute Gasteiger partial charge is 0.0300 e. The third-order valence-corrected chi connectivity index (χ3v) is 3.89. The molecule has 0 aromatic carbocycles. The Kier molecular flexibility index (Phi) is 8.13. The maximum absolute atomic E-state index is 6.03. The number of nitrogens with zero attached hydrogens (tertiary/aromatic N) is 1. The summed E-state index contributed by atoms with van der Waals surface area (Å²) in [4.78, 5) is 2.47. The largest absolute Gasteiger partial charge is 0.329 e. The van der Waals surface area contributed by atoms with Crippen molar-refractivity contribution in [3.05, 3.63) is 0 Å². The Morgan fingerprint density at radius 2 is 1.50 bits per heavy atom. The van der Waals surface area contributed by atoms with Crippen molar-refractivity contribution in [2.24, 2.45) is 11.1 Å². The third kappa shape index (κ3) is 7.38. The Morgan fingerprint density at radius 3 is 1.94 bits per heavy atom. The van der Waals surface area contributed by atoms with E-state index in [1.165, 1.54) is 38.5 Å². The molecule has 1 unspecified atom stereocenters. The normalized spacial score (nSPS) is 16.0. The van der Waals surface area contributed by atoms with Crippen LogP contribution in [0.5, 0.6) is 0 Å². The van der Waals surface area contributed by atoms with Crippen LogP contribution < -0.4 is 5.73 Å². The van der Waals surface area contributed by atoms with Crippen LogP contribution in [0.15, 0.2) is 0 Å². The van der Waals surface area contributed by atoms with E-state index in [1.807, 2.05) is 0 Å². The molecule has 110 valence electrons. The number of nitrogens with two attached hydrogens (primary N) is 1. The van der Waals surface area contributed by atoms with Gasteiger partial charge in [0, 0.05) is 18.6 Å². The molecule has 0 aromatic rings. The minimum Gasteiger partial charge on any atom is -0.329 e. The zero-order valence-electron chi connectivity index (χ0n) is 13.7. The van der Waals surface area contributed by atoms with E-state index < -0.39 is 0 Å². The fraction of sp³-hybridized carbons (Fsp3) is 1.00. The first-order chi connectivity index (χ1) is 8.25. The summed E-state index contributed by atoms with van der Waals surface area (Å²) in [6.45, 7) is 13.3. The number of likely N-dealkylation sites (N-methyl/N-ethyl adjacent to an activating group) is 1. The molecule has 0 rings (SSSR count). The molecule has 0 fully saturated rings. The van der Waals surface area contributed by atoms with Crippen LogP contribution in [-0.4, -0.2) is 30.6 Å². The molecule has 0 spiro atoms. The van der Waals surface area contributed by atoms with Gasteiger partial charge in [0.2, 0.25) is 0 Å². The fourth-order valence-electron chi connectivity index (χ4n) is 2.46. The van der Waals surface area contributed by atoms with Gasteiger partial charge in [-0.3, -0.25) is 4.90 Å². The van der Waals surface area contributed by atoms with Gasteiger partial charge in [0.1, 0.15) is 0 Å². The van der Waals surface area contributed by atoms with Crippen molar-refractivity contribution < 1.29 is 0 Å². The minimum atomic E-state index is 0.166. The second-order valence-corrected chi connectivity index (χ2v) is 7.28. The minimum absolute atomic E-state index is 0.166. The molecule has 0 bridgehead atoms. The molecule has 0 heterocycles. The van der Waals surface area contributed by atoms with Gasteiger partial charge in [0.15, 0.2) is 0 Å². The van der Waals surface area contributed by atoms with Crippen LogP contribution in [-0.2, 0) is 0 Å². The van der Waals surface area contributed by atoms with Crippen molar-refractivity contribution in [2.75, 3.05) is 20.1 Å². The van der Waals surface area contributed by atoms with Crippen LogP contribution in [0.3, 0.4) is 0 Å². The van der Waals surface area contributed by atoms with E-state index in [1.54, 1.807) is 0 Å². The average Bonchev–Trinajstić information content (AvgIpc) is 2.26. The summed E-state index contributed by atoms with van der Waals surface area (Å²) < 4.78 is 0. The summed E-state index contributed by atoms with van der Waals surface area (Å²) in [5, 5.41) is 0. The molecular formula is C16H36N2. The van der Waals surface area contributed by atoms with E-state index in [-0.39, 0.29) is 5.54 Å². The lowest BCUT2D eigenvalue weighted by Gasteiger charge is -2.41. The van der Waals surface area contributed by atoms with Gasteiger partial charge in [-0.15, -0.1) is 0 Å². The third-order valence-electron chi connectivity index (χ3n) is 3.89. The Hall–Kier alpha value is -0.0800. The second-order valence-electron chi connectivity index (χ2n) is 7.28. The summed E-state index contributed by atoms with van der Waals surface area (Å²) in [5.74, 6) is 0. The van der Waals surface area contributed by atoms with E-state index in [9.17, 15) is 0 Å². The zero-order chi connectivity index (χ0) is 14.2. The first-order valence-electron chi connectivity index (χ1n) is 7.66. The second kappa shape index (κ2) is 8.16. The summed E-state index contributed by atoms with van der Waals surface area (Å²) in [7, 11) is 2.23. The molecule has 0 radical (unpaired) electrons. The van der Waals surface area contributed by atoms with Crippen LogP contribution in [0.4, 0.5) is 0 Å². The highest BCUT2D eigenvalue weighted by Crippen LogP contribution is 2.25. The van der Waals surface area contributed by atoms with E-state index in [0.29, 0.717) is 5.41 Å². The van der Waals surface area contributed by atoms with E-state index in [4.69, 9.17) is 5.73 Å². The van der Waals surface area contributed by atoms with Gasteiger partial charge in [0.05, 0.1) is 0 Å². The Labute approximate surface area is 115 Å². The zero-order valence-corrected chi connectivity index (χ0v) is 13.7. The molecule has 18 heavy (non-hydrogen) atoms. The van der Waals surface area contributed by atoms with E-state index in [0.717, 1.165) is 13.1 Å². The van der Waals surface area contributed by atoms with Crippen molar-refractivity contribution >= 4 is 0 Å². The molecule has 0 saturated heterocycles. The lowest BCUT2D eigenvalue weighted by Crippen LogP contribution is -2.52. The van der Waals surface area contributed by atoms with Crippen molar-refractivity contribution in [1.82, 2.24) is 4.90 Å². The monoisotopic (exact) mass is 256 g/mol. The van der Waals surface area contributed by atoms with Gasteiger partial charge in [-0.2, -0.15) is 0 Å². The van der Waals surface area contributed by atoms with Crippen molar-refractivity contribution in [3.8, 4) is 0 Å². The van der Waals surface area contributed by atoms with Gasteiger partial charge >= 0.3 is 0 Å². The van der Waals surface area contributed by atoms with Crippen molar-refractivity contribution in [1.29, 1.82) is 0 Å². The molecule has 0 aliphatic rings. The van der Waals surface area contributed by atoms with Crippen LogP contribution in [0.2, 0.25) is 0 Å². The highest BCUT2D eigenvalue weighted by molar-refractivity contribution is 4.87. The first kappa shape index (κ1) is 17.9. The fourth-order valence-corrected chi connectivity index (χ4v) is 2.46. The van der Waals surface area contributed by atoms with Crippen LogP contribution in [0.1, 0.15) is 73.1 Å². The van der Waals surface area contributed by atoms with Gasteiger partial charge < -0.3 is 5.73 Å². The molecule has 1 atom stereocenters. The summed E-state index contributed by atoms with van der Waals surface area (Å²) >= 11 is 0. The molecule has 2 heteroatoms. The number of hydrogen-bond acceptors (Lipinski definition) is 2. The van der Waals surface area contributed by atoms with Crippen molar-refractivity contribution in [3.63, 3.8) is 0 Å². The van der Waals surface area contributed by atoms with E-state index >= 15 is 0 Å². The topological polar surface area (TPSA) is 29.3 Å². The van der Waals surface area contributed by atoms with Gasteiger partial charge in [0.25, 0.3) is 0 Å². The quantitative estimate of drug-likeness (QED) is 0.631. The molecule has 0 aliphatic carbocycles. The van der Waals surface area contributed by atoms with Crippen molar-refractivity contribution in [2.45, 2.75) is 78.7 Å². The molecule has 0 aromatic heterocycles. The molecule has 0 saturated carbocycles.